The zero-order valence-corrected chi connectivity index (χ0v) is 21.2. The van der Waals surface area contributed by atoms with Crippen LogP contribution >= 0.6 is 11.8 Å². The highest BCUT2D eigenvalue weighted by Gasteiger charge is 2.41. The molecule has 8 heteroatoms. The third-order valence-electron chi connectivity index (χ3n) is 5.98. The molecule has 2 aromatic rings. The first kappa shape index (κ1) is 24.8. The number of aryl methyl sites for hydroxylation is 2. The molecule has 0 bridgehead atoms. The molecule has 1 atom stereocenters. The third-order valence-corrected chi connectivity index (χ3v) is 6.87. The lowest BCUT2D eigenvalue weighted by Gasteiger charge is -2.37. The number of anilines is 1. The predicted octanol–water partition coefficient (Wildman–Crippen LogP) is 4.67. The lowest BCUT2D eigenvalue weighted by molar-refractivity contribution is -0.120. The van der Waals surface area contributed by atoms with Crippen LogP contribution in [0.4, 0.5) is 5.69 Å². The monoisotopic (exact) mass is 490 g/mol. The van der Waals surface area contributed by atoms with Crippen molar-refractivity contribution in [2.45, 2.75) is 33.2 Å². The largest absolute Gasteiger partial charge is 0.383 e. The Morgan fingerprint density at radius 3 is 2.63 bits per heavy atom. The van der Waals surface area contributed by atoms with Gasteiger partial charge in [-0.25, -0.2) is 4.99 Å². The Hall–Kier alpha value is -3.36. The summed E-state index contributed by atoms with van der Waals surface area (Å²) in [6.07, 6.45) is 0.184. The minimum atomic E-state index is -0.404. The summed E-state index contributed by atoms with van der Waals surface area (Å²) >= 11 is 1.48. The van der Waals surface area contributed by atoms with E-state index < -0.39 is 6.04 Å². The quantitative estimate of drug-likeness (QED) is 0.526. The maximum atomic E-state index is 13.7. The van der Waals surface area contributed by atoms with Gasteiger partial charge in [-0.3, -0.25) is 9.59 Å². The third kappa shape index (κ3) is 5.49. The first-order valence-corrected chi connectivity index (χ1v) is 12.4. The highest BCUT2D eigenvalue weighted by molar-refractivity contribution is 8.16. The van der Waals surface area contributed by atoms with Crippen molar-refractivity contribution in [3.05, 3.63) is 87.6 Å². The van der Waals surface area contributed by atoms with Gasteiger partial charge in [0.15, 0.2) is 5.17 Å². The number of hydrogen-bond acceptors (Lipinski definition) is 6. The molecule has 0 saturated carbocycles. The molecule has 2 amide bonds. The fourth-order valence-electron chi connectivity index (χ4n) is 4.25. The van der Waals surface area contributed by atoms with Crippen LogP contribution in [0.1, 0.15) is 36.1 Å². The number of benzene rings is 2. The number of para-hydroxylation sites is 1. The Bertz CT molecular complexity index is 1220. The van der Waals surface area contributed by atoms with E-state index in [-0.39, 0.29) is 18.2 Å². The van der Waals surface area contributed by atoms with Gasteiger partial charge >= 0.3 is 0 Å². The predicted molar refractivity (Wildman–Crippen MR) is 141 cm³/mol. The van der Waals surface area contributed by atoms with Crippen molar-refractivity contribution in [3.8, 4) is 0 Å². The van der Waals surface area contributed by atoms with Crippen LogP contribution in [-0.4, -0.2) is 42.1 Å². The maximum Gasteiger partial charge on any atom is 0.255 e. The lowest BCUT2D eigenvalue weighted by atomic mass is 9.89. The van der Waals surface area contributed by atoms with E-state index in [2.05, 4.69) is 28.8 Å². The van der Waals surface area contributed by atoms with Gasteiger partial charge in [-0.05, 0) is 49.4 Å². The Balaban J connectivity index is 1.72. The number of amides is 2. The topological polar surface area (TPSA) is 83.0 Å². The first-order valence-electron chi connectivity index (χ1n) is 11.5. The zero-order chi connectivity index (χ0) is 24.9. The summed E-state index contributed by atoms with van der Waals surface area (Å²) in [6.45, 7) is 6.86. The minimum Gasteiger partial charge on any atom is -0.383 e. The van der Waals surface area contributed by atoms with Gasteiger partial charge < -0.3 is 20.3 Å². The van der Waals surface area contributed by atoms with E-state index in [0.717, 1.165) is 33.2 Å². The van der Waals surface area contributed by atoms with Crippen LogP contribution in [0.25, 0.3) is 0 Å². The molecule has 35 heavy (non-hydrogen) atoms. The number of carbonyl (C=O) groups is 2. The highest BCUT2D eigenvalue weighted by atomic mass is 32.2. The molecule has 0 aliphatic carbocycles. The zero-order valence-electron chi connectivity index (χ0n) is 20.4. The summed E-state index contributed by atoms with van der Waals surface area (Å²) in [5, 5.41) is 8.64. The summed E-state index contributed by atoms with van der Waals surface area (Å²) in [7, 11) is 1.60. The van der Waals surface area contributed by atoms with E-state index in [1.807, 2.05) is 61.4 Å². The number of amidine groups is 1. The Morgan fingerprint density at radius 1 is 1.11 bits per heavy atom. The molecule has 4 rings (SSSR count). The molecule has 7 nitrogen and oxygen atoms in total. The van der Waals surface area contributed by atoms with Gasteiger partial charge in [0.05, 0.1) is 30.3 Å². The van der Waals surface area contributed by atoms with E-state index in [0.29, 0.717) is 24.4 Å². The molecule has 182 valence electrons. The molecule has 2 aliphatic rings. The summed E-state index contributed by atoms with van der Waals surface area (Å²) in [5.74, 6) is -0.306. The number of ether oxygens (including phenoxy) is 1. The van der Waals surface area contributed by atoms with Crippen molar-refractivity contribution in [1.29, 1.82) is 0 Å². The van der Waals surface area contributed by atoms with Gasteiger partial charge in [0.2, 0.25) is 5.91 Å². The van der Waals surface area contributed by atoms with Crippen molar-refractivity contribution >= 4 is 34.4 Å². The van der Waals surface area contributed by atoms with E-state index >= 15 is 0 Å². The summed E-state index contributed by atoms with van der Waals surface area (Å²) in [4.78, 5) is 33.1. The van der Waals surface area contributed by atoms with E-state index in [1.54, 1.807) is 7.11 Å². The fraction of sp³-hybridized carbons (Fsp3) is 0.296. The Kier molecular flexibility index (Phi) is 7.73. The van der Waals surface area contributed by atoms with Gasteiger partial charge in [-0.2, -0.15) is 0 Å². The van der Waals surface area contributed by atoms with Crippen molar-refractivity contribution in [3.63, 3.8) is 0 Å². The van der Waals surface area contributed by atoms with Gasteiger partial charge in [0, 0.05) is 25.0 Å². The van der Waals surface area contributed by atoms with Gasteiger partial charge in [0.25, 0.3) is 5.91 Å². The van der Waals surface area contributed by atoms with Gasteiger partial charge in [-0.15, -0.1) is 0 Å². The second-order valence-electron chi connectivity index (χ2n) is 8.59. The number of methoxy groups -OCH3 is 1. The number of allylic oxidation sites excluding steroid dienone is 1. The second-order valence-corrected chi connectivity index (χ2v) is 9.43. The molecule has 0 aromatic heterocycles. The summed E-state index contributed by atoms with van der Waals surface area (Å²) < 4.78 is 5.03. The highest BCUT2D eigenvalue weighted by Crippen LogP contribution is 2.45. The first-order chi connectivity index (χ1) is 16.9. The van der Waals surface area contributed by atoms with Crippen LogP contribution in [0.5, 0.6) is 0 Å². The van der Waals surface area contributed by atoms with Crippen LogP contribution in [0, 0.1) is 13.8 Å². The number of nitrogens with zero attached hydrogens (tertiary/aromatic N) is 2. The molecule has 0 fully saturated rings. The smallest absolute Gasteiger partial charge is 0.255 e. The summed E-state index contributed by atoms with van der Waals surface area (Å²) in [5.41, 5.74) is 5.96. The van der Waals surface area contributed by atoms with Gasteiger partial charge in [0.1, 0.15) is 0 Å². The Morgan fingerprint density at radius 2 is 1.89 bits per heavy atom. The number of hydrogen-bond donors (Lipinski definition) is 2. The van der Waals surface area contributed by atoms with Crippen LogP contribution in [0.3, 0.4) is 0 Å². The molecule has 0 radical (unpaired) electrons. The normalized spacial score (nSPS) is 17.0. The molecule has 2 heterocycles. The van der Waals surface area contributed by atoms with Crippen LogP contribution < -0.4 is 10.6 Å². The van der Waals surface area contributed by atoms with E-state index in [9.17, 15) is 9.59 Å². The lowest BCUT2D eigenvalue weighted by Crippen LogP contribution is -2.39. The minimum absolute atomic E-state index is 0.101. The standard InChI is InChI=1S/C27H30N4O3S/c1-17-10-11-18(2)22(14-17)25-24(26(33)30-20-8-6-5-7-9-20)19(3)29-27-31(25)21(16-35-27)15-23(32)28-12-13-34-4/h5-11,14,16,25H,12-13,15H2,1-4H3,(H,28,32)(H,30,33)/t25-/m0/s1. The van der Waals surface area contributed by atoms with Crippen molar-refractivity contribution in [2.75, 3.05) is 25.6 Å². The number of carbonyl (C=O) groups excluding carboxylic acids is 2. The molecular weight excluding hydrogens is 460 g/mol. The SMILES string of the molecule is COCCNC(=O)CC1=CSC2=NC(C)=C(C(=O)Nc3ccccc3)[C@H](c3cc(C)ccc3C)N12. The van der Waals surface area contributed by atoms with E-state index in [1.165, 1.54) is 11.8 Å². The number of fused-ring (bicyclic) bond motifs is 1. The van der Waals surface area contributed by atoms with Gasteiger partial charge in [-0.1, -0.05) is 53.7 Å². The summed E-state index contributed by atoms with van der Waals surface area (Å²) in [6, 6.07) is 15.3. The second kappa shape index (κ2) is 10.9. The molecule has 2 aromatic carbocycles. The number of aliphatic imine (C=N–C) groups is 1. The van der Waals surface area contributed by atoms with E-state index in [4.69, 9.17) is 9.73 Å². The van der Waals surface area contributed by atoms with Crippen molar-refractivity contribution < 1.29 is 14.3 Å². The van der Waals surface area contributed by atoms with Crippen LogP contribution in [-0.2, 0) is 14.3 Å². The number of nitrogens with one attached hydrogen (secondary N) is 2. The average Bonchev–Trinajstić information content (AvgIpc) is 3.22. The molecular formula is C27H30N4O3S. The fourth-order valence-corrected chi connectivity index (χ4v) is 5.21. The number of thioether (sulfide) groups is 1. The molecule has 2 aliphatic heterocycles. The maximum absolute atomic E-state index is 13.7. The van der Waals surface area contributed by atoms with Crippen molar-refractivity contribution in [2.24, 2.45) is 4.99 Å². The number of rotatable bonds is 8. The molecule has 2 N–H and O–H groups in total. The van der Waals surface area contributed by atoms with Crippen molar-refractivity contribution in [1.82, 2.24) is 10.2 Å². The molecule has 0 saturated heterocycles. The molecule has 0 unspecified atom stereocenters. The average molecular weight is 491 g/mol. The van der Waals surface area contributed by atoms with Crippen LogP contribution in [0.2, 0.25) is 0 Å². The Labute approximate surface area is 210 Å². The van der Waals surface area contributed by atoms with Crippen LogP contribution in [0.15, 0.2) is 75.9 Å². The molecule has 0 spiro atoms.